The van der Waals surface area contributed by atoms with Crippen LogP contribution in [0, 0.1) is 11.8 Å². The molecule has 2 aromatic rings. The molecule has 30 heavy (non-hydrogen) atoms. The summed E-state index contributed by atoms with van der Waals surface area (Å²) < 4.78 is 2.14. The van der Waals surface area contributed by atoms with Gasteiger partial charge in [0, 0.05) is 43.6 Å². The molecule has 7 nitrogen and oxygen atoms in total. The molecule has 0 radical (unpaired) electrons. The lowest BCUT2D eigenvalue weighted by molar-refractivity contribution is -0.142. The average Bonchev–Trinajstić information content (AvgIpc) is 3.29. The van der Waals surface area contributed by atoms with Crippen LogP contribution in [0.5, 0.6) is 0 Å². The molecule has 2 aliphatic rings. The normalized spacial score (nSPS) is 21.1. The zero-order valence-electron chi connectivity index (χ0n) is 16.5. The third-order valence-electron chi connectivity index (χ3n) is 5.85. The molecule has 3 heterocycles. The fourth-order valence-corrected chi connectivity index (χ4v) is 4.38. The molecule has 0 saturated carbocycles. The lowest BCUT2D eigenvalue weighted by Crippen LogP contribution is -2.39. The number of rotatable bonds is 5. The molecule has 4 rings (SSSR count). The van der Waals surface area contributed by atoms with Gasteiger partial charge in [-0.05, 0) is 43.9 Å². The van der Waals surface area contributed by atoms with Crippen molar-refractivity contribution in [1.82, 2.24) is 19.8 Å². The lowest BCUT2D eigenvalue weighted by atomic mass is 9.97. The molecule has 1 N–H and O–H groups in total. The Kier molecular flexibility index (Phi) is 5.84. The Labute approximate surface area is 184 Å². The van der Waals surface area contributed by atoms with Crippen LogP contribution in [0.2, 0.25) is 10.0 Å². The Morgan fingerprint density at radius 2 is 2.03 bits per heavy atom. The summed E-state index contributed by atoms with van der Waals surface area (Å²) in [5, 5.41) is 3.85. The van der Waals surface area contributed by atoms with Crippen molar-refractivity contribution < 1.29 is 14.4 Å². The summed E-state index contributed by atoms with van der Waals surface area (Å²) in [5.41, 5.74) is 2.02. The van der Waals surface area contributed by atoms with Crippen LogP contribution in [0.4, 0.5) is 0 Å². The summed E-state index contributed by atoms with van der Waals surface area (Å²) in [6, 6.07) is 5.44. The fraction of sp³-hybridized carbons (Fsp3) is 0.429. The Morgan fingerprint density at radius 1 is 1.23 bits per heavy atom. The van der Waals surface area contributed by atoms with Crippen molar-refractivity contribution in [3.8, 4) is 11.4 Å². The Bertz CT molecular complexity index is 1020. The third-order valence-corrected chi connectivity index (χ3v) is 6.59. The van der Waals surface area contributed by atoms with Gasteiger partial charge in [-0.2, -0.15) is 0 Å². The second-order valence-corrected chi connectivity index (χ2v) is 8.54. The van der Waals surface area contributed by atoms with E-state index in [0.717, 1.165) is 29.9 Å². The molecule has 158 valence electrons. The number of imidazole rings is 1. The maximum atomic E-state index is 12.5. The van der Waals surface area contributed by atoms with E-state index in [4.69, 9.17) is 23.2 Å². The number of likely N-dealkylation sites (tertiary alicyclic amines) is 1. The molecule has 2 aliphatic heterocycles. The van der Waals surface area contributed by atoms with Gasteiger partial charge in [-0.3, -0.25) is 14.4 Å². The van der Waals surface area contributed by atoms with Crippen molar-refractivity contribution in [2.45, 2.75) is 26.3 Å². The third kappa shape index (κ3) is 3.84. The summed E-state index contributed by atoms with van der Waals surface area (Å²) in [6.07, 6.45) is 3.62. The van der Waals surface area contributed by atoms with Crippen molar-refractivity contribution in [3.63, 3.8) is 0 Å². The number of ketones is 1. The minimum atomic E-state index is -0.906. The molecule has 1 saturated heterocycles. The van der Waals surface area contributed by atoms with Crippen LogP contribution in [0.15, 0.2) is 24.4 Å². The second kappa shape index (κ2) is 8.40. The number of carbonyl (C=O) groups excluding carboxylic acids is 3. The highest BCUT2D eigenvalue weighted by Crippen LogP contribution is 2.31. The van der Waals surface area contributed by atoms with Gasteiger partial charge in [0.2, 0.25) is 11.7 Å². The monoisotopic (exact) mass is 448 g/mol. The van der Waals surface area contributed by atoms with Gasteiger partial charge >= 0.3 is 0 Å². The van der Waals surface area contributed by atoms with Gasteiger partial charge in [0.25, 0.3) is 5.91 Å². The van der Waals surface area contributed by atoms with Gasteiger partial charge in [0.1, 0.15) is 11.7 Å². The molecule has 0 spiro atoms. The van der Waals surface area contributed by atoms with Crippen LogP contribution in [0.25, 0.3) is 11.4 Å². The maximum Gasteiger partial charge on any atom is 0.290 e. The topological polar surface area (TPSA) is 84.3 Å². The molecular weight excluding hydrogens is 427 g/mol. The standard InChI is InChI=1S/C21H22Cl2N4O3/c1-2-26-11-15(18(28)21(26)30)20(29)25-8-12-3-5-14-9-24-19(27(14)10-12)13-4-6-16(22)17(23)7-13/h4,6-7,9,12,15H,2-3,5,8,10-11H2,1H3,(H,25,29). The first-order chi connectivity index (χ1) is 14.4. The quantitative estimate of drug-likeness (QED) is 0.562. The van der Waals surface area contributed by atoms with E-state index in [1.54, 1.807) is 19.1 Å². The van der Waals surface area contributed by atoms with Crippen LogP contribution in [0.3, 0.4) is 0 Å². The summed E-state index contributed by atoms with van der Waals surface area (Å²) in [4.78, 5) is 42.4. The lowest BCUT2D eigenvalue weighted by Gasteiger charge is -2.26. The predicted molar refractivity (Wildman–Crippen MR) is 113 cm³/mol. The molecule has 0 bridgehead atoms. The SMILES string of the molecule is CCN1CC(C(=O)NCC2CCc3cnc(-c4ccc(Cl)c(Cl)c4)n3C2)C(=O)C1=O. The first-order valence-corrected chi connectivity index (χ1v) is 10.7. The number of carbonyl (C=O) groups is 3. The number of fused-ring (bicyclic) bond motifs is 1. The van der Waals surface area contributed by atoms with Gasteiger partial charge < -0.3 is 14.8 Å². The van der Waals surface area contributed by atoms with E-state index in [-0.39, 0.29) is 18.4 Å². The van der Waals surface area contributed by atoms with E-state index in [0.29, 0.717) is 29.7 Å². The predicted octanol–water partition coefficient (Wildman–Crippen LogP) is 2.58. The number of amides is 2. The van der Waals surface area contributed by atoms with Gasteiger partial charge in [0.05, 0.1) is 10.0 Å². The van der Waals surface area contributed by atoms with Crippen molar-refractivity contribution in [1.29, 1.82) is 0 Å². The highest BCUT2D eigenvalue weighted by Gasteiger charge is 2.42. The van der Waals surface area contributed by atoms with E-state index < -0.39 is 17.6 Å². The van der Waals surface area contributed by atoms with Crippen molar-refractivity contribution in [3.05, 3.63) is 40.1 Å². The molecule has 2 atom stereocenters. The van der Waals surface area contributed by atoms with Crippen LogP contribution >= 0.6 is 23.2 Å². The molecule has 2 unspecified atom stereocenters. The number of benzene rings is 1. The number of nitrogens with one attached hydrogen (secondary N) is 1. The van der Waals surface area contributed by atoms with Crippen LogP contribution < -0.4 is 5.32 Å². The largest absolute Gasteiger partial charge is 0.355 e. The zero-order valence-corrected chi connectivity index (χ0v) is 18.0. The maximum absolute atomic E-state index is 12.5. The number of halogens is 2. The number of likely N-dealkylation sites (N-methyl/N-ethyl adjacent to an activating group) is 1. The summed E-state index contributed by atoms with van der Waals surface area (Å²) in [6.45, 7) is 3.53. The first-order valence-electron chi connectivity index (χ1n) is 9.99. The number of Topliss-reactive ketones (excluding diaryl/α,β-unsaturated/α-hetero) is 1. The molecule has 9 heteroatoms. The Balaban J connectivity index is 1.42. The van der Waals surface area contributed by atoms with Crippen LogP contribution in [-0.2, 0) is 27.3 Å². The smallest absolute Gasteiger partial charge is 0.290 e. The van der Waals surface area contributed by atoms with E-state index in [1.165, 1.54) is 4.90 Å². The number of hydrogen-bond donors (Lipinski definition) is 1. The van der Waals surface area contributed by atoms with Crippen molar-refractivity contribution >= 4 is 40.8 Å². The molecule has 0 aliphatic carbocycles. The molecule has 1 aromatic heterocycles. The number of aromatic nitrogens is 2. The Hall–Kier alpha value is -2.38. The van der Waals surface area contributed by atoms with Gasteiger partial charge in [0.15, 0.2) is 0 Å². The van der Waals surface area contributed by atoms with E-state index in [9.17, 15) is 14.4 Å². The zero-order chi connectivity index (χ0) is 21.4. The molecule has 1 aromatic carbocycles. The fourth-order valence-electron chi connectivity index (χ4n) is 4.08. The minimum Gasteiger partial charge on any atom is -0.355 e. The number of hydrogen-bond acceptors (Lipinski definition) is 4. The molecule has 2 amide bonds. The van der Waals surface area contributed by atoms with Gasteiger partial charge in [-0.1, -0.05) is 23.2 Å². The summed E-state index contributed by atoms with van der Waals surface area (Å²) in [5.74, 6) is -1.44. The number of aryl methyl sites for hydroxylation is 1. The van der Waals surface area contributed by atoms with E-state index in [1.807, 2.05) is 12.3 Å². The summed E-state index contributed by atoms with van der Waals surface area (Å²) >= 11 is 12.2. The molecular formula is C21H22Cl2N4O3. The van der Waals surface area contributed by atoms with Gasteiger partial charge in [-0.15, -0.1) is 0 Å². The van der Waals surface area contributed by atoms with Crippen molar-refractivity contribution in [2.75, 3.05) is 19.6 Å². The van der Waals surface area contributed by atoms with E-state index >= 15 is 0 Å². The van der Waals surface area contributed by atoms with Gasteiger partial charge in [-0.25, -0.2) is 4.98 Å². The van der Waals surface area contributed by atoms with Crippen LogP contribution in [-0.4, -0.2) is 51.7 Å². The second-order valence-electron chi connectivity index (χ2n) is 7.72. The Morgan fingerprint density at radius 3 is 2.73 bits per heavy atom. The molecule has 1 fully saturated rings. The van der Waals surface area contributed by atoms with Crippen LogP contribution in [0.1, 0.15) is 19.0 Å². The minimum absolute atomic E-state index is 0.164. The summed E-state index contributed by atoms with van der Waals surface area (Å²) in [7, 11) is 0. The van der Waals surface area contributed by atoms with E-state index in [2.05, 4.69) is 14.9 Å². The number of nitrogens with zero attached hydrogens (tertiary/aromatic N) is 3. The van der Waals surface area contributed by atoms with Crippen molar-refractivity contribution in [2.24, 2.45) is 11.8 Å². The highest BCUT2D eigenvalue weighted by molar-refractivity contribution is 6.42. The average molecular weight is 449 g/mol. The highest BCUT2D eigenvalue weighted by atomic mass is 35.5. The first kappa shape index (κ1) is 20.9.